The third-order valence-electron chi connectivity index (χ3n) is 2.77. The van der Waals surface area contributed by atoms with Gasteiger partial charge in [0, 0.05) is 10.6 Å². The Balaban J connectivity index is 2.46. The first-order chi connectivity index (χ1) is 8.11. The highest BCUT2D eigenvalue weighted by Gasteiger charge is 2.26. The zero-order chi connectivity index (χ0) is 12.4. The van der Waals surface area contributed by atoms with Gasteiger partial charge < -0.3 is 0 Å². The Kier molecular flexibility index (Phi) is 3.29. The first kappa shape index (κ1) is 11.9. The molecule has 0 aliphatic carbocycles. The van der Waals surface area contributed by atoms with Crippen LogP contribution in [-0.4, -0.2) is 11.8 Å². The van der Waals surface area contributed by atoms with Crippen LogP contribution in [0, 0.1) is 0 Å². The molecule has 0 aromatic heterocycles. The third kappa shape index (κ3) is 2.39. The van der Waals surface area contributed by atoms with Gasteiger partial charge in [0.2, 0.25) is 5.91 Å². The van der Waals surface area contributed by atoms with Gasteiger partial charge in [-0.3, -0.25) is 14.9 Å². The number of amides is 2. The summed E-state index contributed by atoms with van der Waals surface area (Å²) in [5.74, 6) is -0.508. The minimum Gasteiger partial charge on any atom is -0.292 e. The van der Waals surface area contributed by atoms with E-state index in [1.807, 2.05) is 19.1 Å². The van der Waals surface area contributed by atoms with Crippen LogP contribution in [0.3, 0.4) is 0 Å². The summed E-state index contributed by atoms with van der Waals surface area (Å²) in [6, 6.07) is 7.29. The summed E-state index contributed by atoms with van der Waals surface area (Å²) in [5, 5.41) is 2.95. The molecule has 0 radical (unpaired) electrons. The maximum absolute atomic E-state index is 11.6. The summed E-state index contributed by atoms with van der Waals surface area (Å²) >= 11 is 5.82. The van der Waals surface area contributed by atoms with Gasteiger partial charge in [-0.25, -0.2) is 0 Å². The number of benzene rings is 1. The Morgan fingerprint density at radius 2 is 1.94 bits per heavy atom. The number of hydrogen-bond donors (Lipinski definition) is 1. The molecule has 0 spiro atoms. The van der Waals surface area contributed by atoms with Gasteiger partial charge in [-0.05, 0) is 29.7 Å². The SMILES string of the molecule is CC/C(=C1\CC(=O)NC1=O)c1ccc(Cl)cc1. The lowest BCUT2D eigenvalue weighted by molar-refractivity contribution is -0.124. The summed E-state index contributed by atoms with van der Waals surface area (Å²) in [6.07, 6.45) is 0.877. The molecule has 17 heavy (non-hydrogen) atoms. The van der Waals surface area contributed by atoms with Crippen molar-refractivity contribution < 1.29 is 9.59 Å². The average molecular weight is 250 g/mol. The first-order valence-electron chi connectivity index (χ1n) is 5.44. The van der Waals surface area contributed by atoms with E-state index in [-0.39, 0.29) is 18.2 Å². The van der Waals surface area contributed by atoms with Gasteiger partial charge in [-0.2, -0.15) is 0 Å². The fourth-order valence-corrected chi connectivity index (χ4v) is 2.10. The number of rotatable bonds is 2. The molecule has 0 unspecified atom stereocenters. The molecule has 3 nitrogen and oxygen atoms in total. The lowest BCUT2D eigenvalue weighted by atomic mass is 9.96. The fraction of sp³-hybridized carbons (Fsp3) is 0.231. The molecule has 4 heteroatoms. The van der Waals surface area contributed by atoms with Crippen molar-refractivity contribution in [2.75, 3.05) is 0 Å². The van der Waals surface area contributed by atoms with Crippen molar-refractivity contribution in [3.8, 4) is 0 Å². The van der Waals surface area contributed by atoms with E-state index in [1.54, 1.807) is 12.1 Å². The van der Waals surface area contributed by atoms with Gasteiger partial charge in [-0.15, -0.1) is 0 Å². The smallest absolute Gasteiger partial charge is 0.254 e. The van der Waals surface area contributed by atoms with Crippen molar-refractivity contribution in [1.82, 2.24) is 5.32 Å². The molecular weight excluding hydrogens is 238 g/mol. The lowest BCUT2D eigenvalue weighted by Crippen LogP contribution is -2.19. The van der Waals surface area contributed by atoms with Crippen LogP contribution in [0.25, 0.3) is 5.57 Å². The van der Waals surface area contributed by atoms with Crippen molar-refractivity contribution >= 4 is 29.0 Å². The highest BCUT2D eigenvalue weighted by molar-refractivity contribution is 6.30. The first-order valence-corrected chi connectivity index (χ1v) is 5.81. The zero-order valence-electron chi connectivity index (χ0n) is 9.42. The van der Waals surface area contributed by atoms with Crippen LogP contribution < -0.4 is 5.32 Å². The fourth-order valence-electron chi connectivity index (χ4n) is 1.97. The molecule has 0 atom stereocenters. The monoisotopic (exact) mass is 249 g/mol. The van der Waals surface area contributed by atoms with Crippen LogP contribution in [0.2, 0.25) is 5.02 Å². The van der Waals surface area contributed by atoms with Crippen LogP contribution in [-0.2, 0) is 9.59 Å². The molecule has 2 amide bonds. The van der Waals surface area contributed by atoms with E-state index in [2.05, 4.69) is 5.32 Å². The molecule has 0 saturated carbocycles. The van der Waals surface area contributed by atoms with Gasteiger partial charge in [0.15, 0.2) is 0 Å². The summed E-state index contributed by atoms with van der Waals surface area (Å²) in [5.41, 5.74) is 2.42. The van der Waals surface area contributed by atoms with Gasteiger partial charge in [0.25, 0.3) is 5.91 Å². The number of allylic oxidation sites excluding steroid dienone is 1. The number of carbonyl (C=O) groups is 2. The molecule has 1 aliphatic rings. The molecule has 1 saturated heterocycles. The van der Waals surface area contributed by atoms with Crippen LogP contribution in [0.15, 0.2) is 29.8 Å². The van der Waals surface area contributed by atoms with Gasteiger partial charge >= 0.3 is 0 Å². The molecule has 1 N–H and O–H groups in total. The molecule has 1 fully saturated rings. The maximum atomic E-state index is 11.6. The topological polar surface area (TPSA) is 46.2 Å². The highest BCUT2D eigenvalue weighted by atomic mass is 35.5. The largest absolute Gasteiger partial charge is 0.292 e. The molecule has 0 bridgehead atoms. The normalized spacial score (nSPS) is 18.2. The van der Waals surface area contributed by atoms with E-state index in [9.17, 15) is 9.59 Å². The van der Waals surface area contributed by atoms with Crippen molar-refractivity contribution in [3.05, 3.63) is 40.4 Å². The van der Waals surface area contributed by atoms with Crippen LogP contribution in [0.4, 0.5) is 0 Å². The van der Waals surface area contributed by atoms with E-state index in [0.717, 1.165) is 11.1 Å². The van der Waals surface area contributed by atoms with E-state index in [0.29, 0.717) is 17.0 Å². The van der Waals surface area contributed by atoms with Crippen molar-refractivity contribution in [3.63, 3.8) is 0 Å². The quantitative estimate of drug-likeness (QED) is 0.647. The number of hydrogen-bond acceptors (Lipinski definition) is 2. The highest BCUT2D eigenvalue weighted by Crippen LogP contribution is 2.27. The Hall–Kier alpha value is -1.61. The second-order valence-electron chi connectivity index (χ2n) is 3.87. The lowest BCUT2D eigenvalue weighted by Gasteiger charge is -2.07. The molecular formula is C13H12ClNO2. The van der Waals surface area contributed by atoms with E-state index < -0.39 is 0 Å². The molecule has 1 heterocycles. The number of halogens is 1. The van der Waals surface area contributed by atoms with Crippen LogP contribution >= 0.6 is 11.6 Å². The number of carbonyl (C=O) groups excluding carboxylic acids is 2. The predicted molar refractivity (Wildman–Crippen MR) is 66.4 cm³/mol. The predicted octanol–water partition coefficient (Wildman–Crippen LogP) is 2.55. The Bertz CT molecular complexity index is 503. The van der Waals surface area contributed by atoms with Crippen molar-refractivity contribution in [2.45, 2.75) is 19.8 Å². The molecule has 1 aromatic carbocycles. The molecule has 1 aliphatic heterocycles. The molecule has 88 valence electrons. The van der Waals surface area contributed by atoms with E-state index >= 15 is 0 Å². The Labute approximate surface area is 104 Å². The standard InChI is InChI=1S/C13H12ClNO2/c1-2-10(8-3-5-9(14)6-4-8)11-7-12(16)15-13(11)17/h3-6H,2,7H2,1H3,(H,15,16,17)/b11-10-. The summed E-state index contributed by atoms with van der Waals surface area (Å²) < 4.78 is 0. The van der Waals surface area contributed by atoms with Crippen molar-refractivity contribution in [2.24, 2.45) is 0 Å². The third-order valence-corrected chi connectivity index (χ3v) is 3.03. The number of nitrogens with one attached hydrogen (secondary N) is 1. The molecule has 2 rings (SSSR count). The summed E-state index contributed by atoms with van der Waals surface area (Å²) in [6.45, 7) is 1.97. The average Bonchev–Trinajstić information content (AvgIpc) is 2.62. The maximum Gasteiger partial charge on any atom is 0.254 e. The second kappa shape index (κ2) is 4.72. The van der Waals surface area contributed by atoms with E-state index in [4.69, 9.17) is 11.6 Å². The summed E-state index contributed by atoms with van der Waals surface area (Å²) in [7, 11) is 0. The van der Waals surface area contributed by atoms with Crippen LogP contribution in [0.5, 0.6) is 0 Å². The van der Waals surface area contributed by atoms with Gasteiger partial charge in [0.1, 0.15) is 0 Å². The van der Waals surface area contributed by atoms with Gasteiger partial charge in [0.05, 0.1) is 6.42 Å². The minimum atomic E-state index is -0.276. The van der Waals surface area contributed by atoms with Crippen LogP contribution in [0.1, 0.15) is 25.3 Å². The Morgan fingerprint density at radius 3 is 2.41 bits per heavy atom. The zero-order valence-corrected chi connectivity index (χ0v) is 10.2. The van der Waals surface area contributed by atoms with Crippen molar-refractivity contribution in [1.29, 1.82) is 0 Å². The second-order valence-corrected chi connectivity index (χ2v) is 4.31. The number of imide groups is 1. The van der Waals surface area contributed by atoms with Gasteiger partial charge in [-0.1, -0.05) is 30.7 Å². The Morgan fingerprint density at radius 1 is 1.29 bits per heavy atom. The molecule has 1 aromatic rings. The summed E-state index contributed by atoms with van der Waals surface area (Å²) in [4.78, 5) is 22.8. The minimum absolute atomic E-state index is 0.171. The van der Waals surface area contributed by atoms with E-state index in [1.165, 1.54) is 0 Å².